The van der Waals surface area contributed by atoms with E-state index in [1.807, 2.05) is 6.08 Å². The minimum Gasteiger partial charge on any atom is -0.497 e. The van der Waals surface area contributed by atoms with Crippen LogP contribution in [0.5, 0.6) is 0 Å². The molecule has 0 aromatic rings. The van der Waals surface area contributed by atoms with Crippen LogP contribution in [-0.4, -0.2) is 19.7 Å². The van der Waals surface area contributed by atoms with E-state index >= 15 is 0 Å². The third-order valence-electron chi connectivity index (χ3n) is 2.04. The Labute approximate surface area is 88.0 Å². The Balaban J connectivity index is 3.85. The summed E-state index contributed by atoms with van der Waals surface area (Å²) in [5.41, 5.74) is 1.30. The van der Waals surface area contributed by atoms with Crippen LogP contribution in [0.4, 0.5) is 0 Å². The lowest BCUT2D eigenvalue weighted by Crippen LogP contribution is -2.26. The van der Waals surface area contributed by atoms with Crippen molar-refractivity contribution in [3.05, 3.63) is 24.0 Å². The molecule has 0 aromatic heterocycles. The first-order chi connectivity index (χ1) is 6.60. The Kier molecular flexibility index (Phi) is 7.21. The lowest BCUT2D eigenvalue weighted by atomic mass is 10.1. The van der Waals surface area contributed by atoms with Crippen molar-refractivity contribution in [2.75, 3.05) is 13.7 Å². The molecule has 0 spiro atoms. The minimum absolute atomic E-state index is 0.524. The van der Waals surface area contributed by atoms with E-state index in [0.717, 1.165) is 18.7 Å². The molecule has 0 aliphatic rings. The fraction of sp³-hybridized carbons (Fsp3) is 0.667. The van der Waals surface area contributed by atoms with Gasteiger partial charge in [-0.3, -0.25) is 0 Å². The van der Waals surface area contributed by atoms with Gasteiger partial charge in [0.1, 0.15) is 5.76 Å². The minimum atomic E-state index is 0.524. The summed E-state index contributed by atoms with van der Waals surface area (Å²) in [6.07, 6.45) is 4.21. The first kappa shape index (κ1) is 13.2. The molecule has 1 atom stereocenters. The summed E-state index contributed by atoms with van der Waals surface area (Å²) in [6, 6.07) is 0.524. The van der Waals surface area contributed by atoms with Crippen LogP contribution in [0.25, 0.3) is 0 Å². The number of nitrogens with one attached hydrogen (secondary N) is 1. The van der Waals surface area contributed by atoms with Crippen LogP contribution in [0.1, 0.15) is 33.6 Å². The fourth-order valence-electron chi connectivity index (χ4n) is 1.34. The van der Waals surface area contributed by atoms with E-state index < -0.39 is 0 Å². The van der Waals surface area contributed by atoms with Gasteiger partial charge in [0.25, 0.3) is 0 Å². The lowest BCUT2D eigenvalue weighted by Gasteiger charge is -2.13. The van der Waals surface area contributed by atoms with Crippen LogP contribution >= 0.6 is 0 Å². The molecule has 82 valence electrons. The van der Waals surface area contributed by atoms with E-state index in [9.17, 15) is 0 Å². The smallest absolute Gasteiger partial charge is 0.111 e. The zero-order valence-electron chi connectivity index (χ0n) is 9.89. The standard InChI is InChI=1S/C12H23NO/c1-6-7-13-11(3)8-10(2)9-12(4)14-5/h9,11,13H,4,6-8H2,1-3,5H3/b10-9+. The maximum Gasteiger partial charge on any atom is 0.111 e. The summed E-state index contributed by atoms with van der Waals surface area (Å²) in [7, 11) is 1.64. The average molecular weight is 197 g/mol. The van der Waals surface area contributed by atoms with Gasteiger partial charge in [0.15, 0.2) is 0 Å². The van der Waals surface area contributed by atoms with E-state index in [2.05, 4.69) is 32.7 Å². The van der Waals surface area contributed by atoms with Crippen LogP contribution in [0, 0.1) is 0 Å². The summed E-state index contributed by atoms with van der Waals surface area (Å²) in [5, 5.41) is 3.44. The number of allylic oxidation sites excluding steroid dienone is 1. The molecule has 2 nitrogen and oxygen atoms in total. The van der Waals surface area contributed by atoms with Crippen LogP contribution in [0.3, 0.4) is 0 Å². The Bertz CT molecular complexity index is 196. The molecule has 0 fully saturated rings. The molecule has 0 aromatic carbocycles. The molecule has 1 N–H and O–H groups in total. The largest absolute Gasteiger partial charge is 0.497 e. The number of rotatable bonds is 7. The van der Waals surface area contributed by atoms with Crippen LogP contribution < -0.4 is 5.32 Å². The van der Waals surface area contributed by atoms with Crippen molar-refractivity contribution < 1.29 is 4.74 Å². The molecule has 0 aliphatic carbocycles. The van der Waals surface area contributed by atoms with Crippen molar-refractivity contribution in [3.8, 4) is 0 Å². The van der Waals surface area contributed by atoms with E-state index in [1.54, 1.807) is 7.11 Å². The molecule has 0 aliphatic heterocycles. The fourth-order valence-corrected chi connectivity index (χ4v) is 1.34. The summed E-state index contributed by atoms with van der Waals surface area (Å²) in [4.78, 5) is 0. The van der Waals surface area contributed by atoms with Gasteiger partial charge >= 0.3 is 0 Å². The quantitative estimate of drug-likeness (QED) is 0.500. The van der Waals surface area contributed by atoms with E-state index in [0.29, 0.717) is 6.04 Å². The molecule has 1 unspecified atom stereocenters. The monoisotopic (exact) mass is 197 g/mol. The van der Waals surface area contributed by atoms with Gasteiger partial charge in [-0.05, 0) is 39.3 Å². The van der Waals surface area contributed by atoms with E-state index in [4.69, 9.17) is 4.74 Å². The highest BCUT2D eigenvalue weighted by atomic mass is 16.5. The summed E-state index contributed by atoms with van der Waals surface area (Å²) in [5.74, 6) is 0.727. The number of hydrogen-bond donors (Lipinski definition) is 1. The summed E-state index contributed by atoms with van der Waals surface area (Å²) in [6.45, 7) is 11.3. The highest BCUT2D eigenvalue weighted by molar-refractivity contribution is 5.14. The van der Waals surface area contributed by atoms with Crippen molar-refractivity contribution in [3.63, 3.8) is 0 Å². The van der Waals surface area contributed by atoms with Crippen molar-refractivity contribution in [1.82, 2.24) is 5.32 Å². The van der Waals surface area contributed by atoms with Gasteiger partial charge in [0.2, 0.25) is 0 Å². The van der Waals surface area contributed by atoms with Crippen LogP contribution in [0.2, 0.25) is 0 Å². The molecule has 0 amide bonds. The maximum absolute atomic E-state index is 4.99. The molecule has 0 bridgehead atoms. The third-order valence-corrected chi connectivity index (χ3v) is 2.04. The van der Waals surface area contributed by atoms with Gasteiger partial charge in [0, 0.05) is 6.04 Å². The second kappa shape index (κ2) is 7.63. The van der Waals surface area contributed by atoms with E-state index in [-0.39, 0.29) is 0 Å². The zero-order chi connectivity index (χ0) is 11.0. The summed E-state index contributed by atoms with van der Waals surface area (Å²) >= 11 is 0. The Morgan fingerprint density at radius 2 is 2.21 bits per heavy atom. The average Bonchev–Trinajstić information content (AvgIpc) is 2.14. The molecular formula is C12H23NO. The molecule has 0 saturated carbocycles. The van der Waals surface area contributed by atoms with Crippen LogP contribution in [0.15, 0.2) is 24.0 Å². The predicted molar refractivity (Wildman–Crippen MR) is 62.3 cm³/mol. The molecule has 0 heterocycles. The van der Waals surface area contributed by atoms with Gasteiger partial charge in [-0.15, -0.1) is 0 Å². The van der Waals surface area contributed by atoms with Crippen molar-refractivity contribution in [2.45, 2.75) is 39.7 Å². The number of ether oxygens (including phenoxy) is 1. The van der Waals surface area contributed by atoms with Crippen molar-refractivity contribution in [2.24, 2.45) is 0 Å². The van der Waals surface area contributed by atoms with Gasteiger partial charge in [-0.25, -0.2) is 0 Å². The molecule has 0 saturated heterocycles. The predicted octanol–water partition coefficient (Wildman–Crippen LogP) is 2.87. The second-order valence-electron chi connectivity index (χ2n) is 3.72. The van der Waals surface area contributed by atoms with Gasteiger partial charge in [-0.1, -0.05) is 19.1 Å². The molecule has 14 heavy (non-hydrogen) atoms. The third kappa shape index (κ3) is 6.72. The van der Waals surface area contributed by atoms with Gasteiger partial charge < -0.3 is 10.1 Å². The van der Waals surface area contributed by atoms with Gasteiger partial charge in [0.05, 0.1) is 7.11 Å². The zero-order valence-corrected chi connectivity index (χ0v) is 9.89. The Morgan fingerprint density at radius 3 is 2.71 bits per heavy atom. The van der Waals surface area contributed by atoms with Crippen molar-refractivity contribution in [1.29, 1.82) is 0 Å². The lowest BCUT2D eigenvalue weighted by molar-refractivity contribution is 0.308. The first-order valence-electron chi connectivity index (χ1n) is 5.23. The molecule has 0 radical (unpaired) electrons. The van der Waals surface area contributed by atoms with Crippen LogP contribution in [-0.2, 0) is 4.74 Å². The molecular weight excluding hydrogens is 174 g/mol. The Morgan fingerprint density at radius 1 is 1.57 bits per heavy atom. The first-order valence-corrected chi connectivity index (χ1v) is 5.23. The molecule has 0 rings (SSSR count). The topological polar surface area (TPSA) is 21.3 Å². The van der Waals surface area contributed by atoms with Gasteiger partial charge in [-0.2, -0.15) is 0 Å². The maximum atomic E-state index is 4.99. The van der Waals surface area contributed by atoms with E-state index in [1.165, 1.54) is 12.0 Å². The SMILES string of the molecule is C=C(/C=C(\C)CC(C)NCCC)OC. The summed E-state index contributed by atoms with van der Waals surface area (Å²) < 4.78 is 4.99. The highest BCUT2D eigenvalue weighted by Gasteiger charge is 2.01. The number of hydrogen-bond acceptors (Lipinski definition) is 2. The number of methoxy groups -OCH3 is 1. The Hall–Kier alpha value is -0.760. The molecule has 2 heteroatoms. The van der Waals surface area contributed by atoms with Crippen molar-refractivity contribution >= 4 is 0 Å². The normalized spacial score (nSPS) is 13.9. The second-order valence-corrected chi connectivity index (χ2v) is 3.72. The highest BCUT2D eigenvalue weighted by Crippen LogP contribution is 2.07.